The molecule has 2 heterocycles. The van der Waals surface area contributed by atoms with Gasteiger partial charge in [-0.3, -0.25) is 4.79 Å². The molecule has 116 valence electrons. The highest BCUT2D eigenvalue weighted by molar-refractivity contribution is 5.92. The molecule has 0 radical (unpaired) electrons. The minimum absolute atomic E-state index is 0.120. The third-order valence-electron chi connectivity index (χ3n) is 4.59. The van der Waals surface area contributed by atoms with Gasteiger partial charge >= 0.3 is 0 Å². The Kier molecular flexibility index (Phi) is 3.75. The Labute approximate surface area is 124 Å². The quantitative estimate of drug-likeness (QED) is 0.897. The minimum atomic E-state index is -0.165. The fraction of sp³-hybridized carbons (Fsp3) is 0.733. The second kappa shape index (κ2) is 5.42. The predicted molar refractivity (Wildman–Crippen MR) is 77.2 cm³/mol. The number of carbonyl (C=O) groups excluding carboxylic acids is 1. The largest absolute Gasteiger partial charge is 0.435 e. The van der Waals surface area contributed by atoms with E-state index in [1.165, 1.54) is 0 Å². The van der Waals surface area contributed by atoms with Crippen molar-refractivity contribution in [3.63, 3.8) is 0 Å². The molecule has 2 aliphatic rings. The standard InChI is InChI=1S/C15H23N3O3/c1-5-10-16-8(2)13(21-10)15(19)17-11-9-6-7-20-14(9)12(11)18(3)4/h9,11-12,14H,5-7H2,1-4H3,(H,17,19)/t9-,11+,12-,14-/m1/s1. The van der Waals surface area contributed by atoms with Gasteiger partial charge in [0.2, 0.25) is 5.76 Å². The van der Waals surface area contributed by atoms with Gasteiger partial charge in [0.05, 0.1) is 23.9 Å². The fourth-order valence-electron chi connectivity index (χ4n) is 3.51. The van der Waals surface area contributed by atoms with Crippen LogP contribution in [0.2, 0.25) is 0 Å². The van der Waals surface area contributed by atoms with Crippen molar-refractivity contribution >= 4 is 5.91 Å². The third kappa shape index (κ3) is 2.36. The molecule has 1 aromatic rings. The second-order valence-corrected chi connectivity index (χ2v) is 6.12. The first kappa shape index (κ1) is 14.5. The van der Waals surface area contributed by atoms with Crippen molar-refractivity contribution in [1.29, 1.82) is 0 Å². The highest BCUT2D eigenvalue weighted by Crippen LogP contribution is 2.41. The van der Waals surface area contributed by atoms with E-state index in [4.69, 9.17) is 9.15 Å². The molecule has 0 bridgehead atoms. The lowest BCUT2D eigenvalue weighted by molar-refractivity contribution is -0.0666. The summed E-state index contributed by atoms with van der Waals surface area (Å²) in [4.78, 5) is 18.8. The number of nitrogens with one attached hydrogen (secondary N) is 1. The highest BCUT2D eigenvalue weighted by atomic mass is 16.5. The Morgan fingerprint density at radius 2 is 2.24 bits per heavy atom. The summed E-state index contributed by atoms with van der Waals surface area (Å²) < 4.78 is 11.3. The molecule has 4 atom stereocenters. The van der Waals surface area contributed by atoms with Crippen LogP contribution in [-0.4, -0.2) is 54.7 Å². The predicted octanol–water partition coefficient (Wildman–Crippen LogP) is 0.993. The summed E-state index contributed by atoms with van der Waals surface area (Å²) in [5, 5.41) is 3.12. The topological polar surface area (TPSA) is 67.6 Å². The Morgan fingerprint density at radius 1 is 1.48 bits per heavy atom. The number of amides is 1. The van der Waals surface area contributed by atoms with Gasteiger partial charge in [-0.15, -0.1) is 0 Å². The number of likely N-dealkylation sites (N-methyl/N-ethyl adjacent to an activating group) is 1. The Balaban J connectivity index is 1.73. The van der Waals surface area contributed by atoms with Gasteiger partial charge in [0.1, 0.15) is 0 Å². The average molecular weight is 293 g/mol. The molecule has 1 aliphatic carbocycles. The number of ether oxygens (including phenoxy) is 1. The lowest BCUT2D eigenvalue weighted by Crippen LogP contribution is -2.69. The Hall–Kier alpha value is -1.40. The summed E-state index contributed by atoms with van der Waals surface area (Å²) in [6.45, 7) is 4.55. The average Bonchev–Trinajstić information content (AvgIpc) is 2.99. The summed E-state index contributed by atoms with van der Waals surface area (Å²) >= 11 is 0. The molecule has 1 N–H and O–H groups in total. The number of aryl methyl sites for hydroxylation is 2. The number of nitrogens with zero attached hydrogens (tertiary/aromatic N) is 2. The van der Waals surface area contributed by atoms with Crippen LogP contribution in [-0.2, 0) is 11.2 Å². The van der Waals surface area contributed by atoms with Crippen molar-refractivity contribution in [2.75, 3.05) is 20.7 Å². The van der Waals surface area contributed by atoms with Gasteiger partial charge in [-0.05, 0) is 27.4 Å². The molecular formula is C15H23N3O3. The SMILES string of the molecule is CCc1nc(C)c(C(=O)N[C@H]2[C@H]3CCO[C@H]3[C@@H]2N(C)C)o1. The van der Waals surface area contributed by atoms with E-state index in [0.29, 0.717) is 29.7 Å². The molecule has 0 unspecified atom stereocenters. The first-order valence-electron chi connectivity index (χ1n) is 7.58. The lowest BCUT2D eigenvalue weighted by Gasteiger charge is -2.50. The number of oxazole rings is 1. The first-order chi connectivity index (χ1) is 10.0. The fourth-order valence-corrected chi connectivity index (χ4v) is 3.51. The number of fused-ring (bicyclic) bond motifs is 1. The normalized spacial score (nSPS) is 31.1. The van der Waals surface area contributed by atoms with Gasteiger partial charge in [0.15, 0.2) is 5.89 Å². The van der Waals surface area contributed by atoms with Crippen molar-refractivity contribution in [3.8, 4) is 0 Å². The van der Waals surface area contributed by atoms with Gasteiger partial charge in [0.25, 0.3) is 5.91 Å². The van der Waals surface area contributed by atoms with E-state index in [2.05, 4.69) is 15.2 Å². The van der Waals surface area contributed by atoms with Gasteiger partial charge < -0.3 is 19.4 Å². The Morgan fingerprint density at radius 3 is 2.86 bits per heavy atom. The summed E-state index contributed by atoms with van der Waals surface area (Å²) in [5.41, 5.74) is 0.657. The summed E-state index contributed by atoms with van der Waals surface area (Å²) in [5.74, 6) is 1.20. The van der Waals surface area contributed by atoms with E-state index in [9.17, 15) is 4.79 Å². The molecule has 1 aromatic heterocycles. The van der Waals surface area contributed by atoms with E-state index in [0.717, 1.165) is 13.0 Å². The third-order valence-corrected chi connectivity index (χ3v) is 4.59. The maximum Gasteiger partial charge on any atom is 0.289 e. The molecule has 2 fully saturated rings. The first-order valence-corrected chi connectivity index (χ1v) is 7.58. The van der Waals surface area contributed by atoms with Gasteiger partial charge in [-0.25, -0.2) is 4.98 Å². The lowest BCUT2D eigenvalue weighted by atomic mass is 9.71. The van der Waals surface area contributed by atoms with Crippen molar-refractivity contribution in [2.45, 2.75) is 44.9 Å². The van der Waals surface area contributed by atoms with Crippen molar-refractivity contribution in [3.05, 3.63) is 17.3 Å². The molecule has 21 heavy (non-hydrogen) atoms. The number of hydrogen-bond acceptors (Lipinski definition) is 5. The molecule has 1 saturated heterocycles. The molecule has 6 heteroatoms. The monoisotopic (exact) mass is 293 g/mol. The molecule has 1 saturated carbocycles. The van der Waals surface area contributed by atoms with Crippen LogP contribution < -0.4 is 5.32 Å². The van der Waals surface area contributed by atoms with Gasteiger partial charge in [-0.2, -0.15) is 0 Å². The van der Waals surface area contributed by atoms with Crippen molar-refractivity contribution in [1.82, 2.24) is 15.2 Å². The number of rotatable bonds is 4. The molecule has 1 aliphatic heterocycles. The molecular weight excluding hydrogens is 270 g/mol. The molecule has 0 aromatic carbocycles. The minimum Gasteiger partial charge on any atom is -0.435 e. The van der Waals surface area contributed by atoms with Crippen molar-refractivity contribution < 1.29 is 13.9 Å². The molecule has 6 nitrogen and oxygen atoms in total. The molecule has 0 spiro atoms. The number of hydrogen-bond donors (Lipinski definition) is 1. The number of aromatic nitrogens is 1. The second-order valence-electron chi connectivity index (χ2n) is 6.12. The summed E-state index contributed by atoms with van der Waals surface area (Å²) in [6.07, 6.45) is 1.94. The smallest absolute Gasteiger partial charge is 0.289 e. The zero-order valence-electron chi connectivity index (χ0n) is 13.0. The van der Waals surface area contributed by atoms with Gasteiger partial charge in [0, 0.05) is 18.9 Å². The van der Waals surface area contributed by atoms with E-state index in [-0.39, 0.29) is 24.1 Å². The summed E-state index contributed by atoms with van der Waals surface area (Å²) in [6, 6.07) is 0.352. The maximum absolute atomic E-state index is 12.5. The maximum atomic E-state index is 12.5. The van der Waals surface area contributed by atoms with Crippen LogP contribution >= 0.6 is 0 Å². The zero-order chi connectivity index (χ0) is 15.1. The van der Waals surface area contributed by atoms with Crippen LogP contribution in [0.15, 0.2) is 4.42 Å². The molecule has 3 rings (SSSR count). The van der Waals surface area contributed by atoms with Crippen molar-refractivity contribution in [2.24, 2.45) is 5.92 Å². The van der Waals surface area contributed by atoms with E-state index < -0.39 is 0 Å². The van der Waals surface area contributed by atoms with Crippen LogP contribution in [0.1, 0.15) is 35.5 Å². The highest BCUT2D eigenvalue weighted by Gasteiger charge is 2.55. The van der Waals surface area contributed by atoms with Crippen LogP contribution in [0.5, 0.6) is 0 Å². The van der Waals surface area contributed by atoms with Gasteiger partial charge in [-0.1, -0.05) is 6.92 Å². The molecule has 1 amide bonds. The zero-order valence-corrected chi connectivity index (χ0v) is 13.0. The Bertz CT molecular complexity index is 540. The van der Waals surface area contributed by atoms with E-state index in [1.807, 2.05) is 27.9 Å². The number of carbonyl (C=O) groups is 1. The van der Waals surface area contributed by atoms with Crippen LogP contribution in [0.25, 0.3) is 0 Å². The van der Waals surface area contributed by atoms with Crippen LogP contribution in [0.4, 0.5) is 0 Å². The van der Waals surface area contributed by atoms with Crippen LogP contribution in [0.3, 0.4) is 0 Å². The van der Waals surface area contributed by atoms with Crippen LogP contribution in [0, 0.1) is 12.8 Å². The summed E-state index contributed by atoms with van der Waals surface area (Å²) in [7, 11) is 4.05. The van der Waals surface area contributed by atoms with E-state index >= 15 is 0 Å². The van der Waals surface area contributed by atoms with E-state index in [1.54, 1.807) is 0 Å².